The molecular formula is C10H13ClFN5O5. The molecule has 0 aromatic carbocycles. The number of methoxy groups -OCH3 is 1. The highest BCUT2D eigenvalue weighted by Crippen LogP contribution is 2.01. The van der Waals surface area contributed by atoms with Crippen LogP contribution < -0.4 is 16.6 Å². The zero-order valence-corrected chi connectivity index (χ0v) is 12.2. The number of carbonyl (C=O) groups is 1. The number of ether oxygens (including phenoxy) is 1. The maximum Gasteiger partial charge on any atom is 0.340 e. The topological polar surface area (TPSA) is 126 Å². The molecule has 1 unspecified atom stereocenters. The number of urea groups is 1. The van der Waals surface area contributed by atoms with Crippen molar-refractivity contribution in [2.75, 3.05) is 26.1 Å². The SMILES string of the molecule is COC(CNC(=O)N(CCCl)N=O)n1c(=O)[nH]cc(F)c1=O. The van der Waals surface area contributed by atoms with Gasteiger partial charge in [-0.3, -0.25) is 4.79 Å². The number of halogens is 2. The lowest BCUT2D eigenvalue weighted by atomic mass is 10.5. The number of alkyl halides is 1. The summed E-state index contributed by atoms with van der Waals surface area (Å²) < 4.78 is 18.6. The summed E-state index contributed by atoms with van der Waals surface area (Å²) in [6.07, 6.45) is -0.661. The lowest BCUT2D eigenvalue weighted by Crippen LogP contribution is -2.46. The van der Waals surface area contributed by atoms with Gasteiger partial charge in [0.2, 0.25) is 5.82 Å². The molecule has 22 heavy (non-hydrogen) atoms. The fourth-order valence-corrected chi connectivity index (χ4v) is 1.69. The van der Waals surface area contributed by atoms with Gasteiger partial charge in [0.15, 0.2) is 6.23 Å². The predicted molar refractivity (Wildman–Crippen MR) is 73.9 cm³/mol. The maximum atomic E-state index is 13.2. The smallest absolute Gasteiger partial charge is 0.340 e. The molecule has 2 amide bonds. The zero-order valence-electron chi connectivity index (χ0n) is 11.4. The molecule has 0 spiro atoms. The third kappa shape index (κ3) is 4.11. The molecule has 0 bridgehead atoms. The Morgan fingerprint density at radius 1 is 1.64 bits per heavy atom. The van der Waals surface area contributed by atoms with Crippen LogP contribution in [0.4, 0.5) is 9.18 Å². The number of carbonyl (C=O) groups excluding carboxylic acids is 1. The van der Waals surface area contributed by atoms with Gasteiger partial charge in [-0.05, 0) is 0 Å². The largest absolute Gasteiger partial charge is 0.359 e. The number of hydrogen-bond acceptors (Lipinski definition) is 6. The first-order chi connectivity index (χ1) is 10.5. The second kappa shape index (κ2) is 8.24. The summed E-state index contributed by atoms with van der Waals surface area (Å²) in [6, 6.07) is -0.904. The van der Waals surface area contributed by atoms with Gasteiger partial charge >= 0.3 is 11.7 Å². The summed E-state index contributed by atoms with van der Waals surface area (Å²) in [5.41, 5.74) is -2.13. The van der Waals surface area contributed by atoms with E-state index in [9.17, 15) is 23.7 Å². The van der Waals surface area contributed by atoms with Crippen molar-refractivity contribution in [3.05, 3.63) is 37.8 Å². The van der Waals surface area contributed by atoms with E-state index in [0.29, 0.717) is 15.8 Å². The lowest BCUT2D eigenvalue weighted by molar-refractivity contribution is 0.0376. The van der Waals surface area contributed by atoms with Crippen molar-refractivity contribution >= 4 is 17.6 Å². The van der Waals surface area contributed by atoms with Crippen LogP contribution in [0, 0.1) is 10.7 Å². The number of nitrogens with one attached hydrogen (secondary N) is 2. The Labute approximate surface area is 127 Å². The van der Waals surface area contributed by atoms with E-state index in [0.717, 1.165) is 7.11 Å². The van der Waals surface area contributed by atoms with E-state index in [1.807, 2.05) is 4.98 Å². The van der Waals surface area contributed by atoms with E-state index in [1.54, 1.807) is 0 Å². The minimum atomic E-state index is -1.28. The van der Waals surface area contributed by atoms with Crippen molar-refractivity contribution in [2.24, 2.45) is 5.29 Å². The summed E-state index contributed by atoms with van der Waals surface area (Å²) in [6.45, 7) is -0.509. The van der Waals surface area contributed by atoms with Gasteiger partial charge < -0.3 is 15.0 Å². The third-order valence-corrected chi connectivity index (χ3v) is 2.75. The molecular weight excluding hydrogens is 325 g/mol. The first-order valence-corrected chi connectivity index (χ1v) is 6.46. The van der Waals surface area contributed by atoms with Gasteiger partial charge in [0.25, 0.3) is 5.56 Å². The van der Waals surface area contributed by atoms with E-state index in [-0.39, 0.29) is 19.0 Å². The van der Waals surface area contributed by atoms with Crippen molar-refractivity contribution in [1.82, 2.24) is 19.9 Å². The molecule has 122 valence electrons. The van der Waals surface area contributed by atoms with E-state index >= 15 is 0 Å². The van der Waals surface area contributed by atoms with Crippen molar-refractivity contribution in [2.45, 2.75) is 6.23 Å². The standard InChI is InChI=1S/C10H13ClFN5O5/c1-22-7(5-14-9(19)16(15-21)3-2-11)17-8(18)6(12)4-13-10(17)20/h4,7H,2-3,5H2,1H3,(H,13,20)(H,14,19). The molecule has 1 heterocycles. The van der Waals surface area contributed by atoms with Crippen LogP contribution in [-0.2, 0) is 4.74 Å². The molecule has 1 aromatic heterocycles. The number of amides is 2. The van der Waals surface area contributed by atoms with Crippen LogP contribution >= 0.6 is 11.6 Å². The average Bonchev–Trinajstić information content (AvgIpc) is 2.51. The fraction of sp³-hybridized carbons (Fsp3) is 0.500. The highest BCUT2D eigenvalue weighted by Gasteiger charge is 2.20. The Hall–Kier alpha value is -2.27. The molecule has 12 heteroatoms. The second-order valence-electron chi connectivity index (χ2n) is 3.89. The number of rotatable bonds is 7. The number of H-pyrrole nitrogens is 1. The van der Waals surface area contributed by atoms with E-state index in [1.165, 1.54) is 0 Å². The van der Waals surface area contributed by atoms with Crippen molar-refractivity contribution in [1.29, 1.82) is 0 Å². The van der Waals surface area contributed by atoms with Gasteiger partial charge in [-0.25, -0.2) is 14.2 Å². The first kappa shape index (κ1) is 17.8. The quantitative estimate of drug-likeness (QED) is 0.403. The minimum absolute atomic E-state index is 0.0180. The highest BCUT2D eigenvalue weighted by molar-refractivity contribution is 6.18. The molecule has 0 aliphatic heterocycles. The molecule has 0 saturated heterocycles. The normalized spacial score (nSPS) is 11.8. The number of hydrogen-bond donors (Lipinski definition) is 2. The van der Waals surface area contributed by atoms with Gasteiger partial charge in [0, 0.05) is 19.2 Å². The molecule has 0 saturated carbocycles. The summed E-state index contributed by atoms with van der Waals surface area (Å²) in [4.78, 5) is 47.2. The van der Waals surface area contributed by atoms with E-state index in [2.05, 4.69) is 10.6 Å². The number of nitrogens with zero attached hydrogens (tertiary/aromatic N) is 3. The van der Waals surface area contributed by atoms with Crippen LogP contribution in [0.2, 0.25) is 0 Å². The van der Waals surface area contributed by atoms with Crippen molar-refractivity contribution < 1.29 is 13.9 Å². The van der Waals surface area contributed by atoms with Gasteiger partial charge in [-0.1, -0.05) is 0 Å². The van der Waals surface area contributed by atoms with Crippen molar-refractivity contribution in [3.63, 3.8) is 0 Å². The van der Waals surface area contributed by atoms with Crippen LogP contribution in [0.25, 0.3) is 0 Å². The third-order valence-electron chi connectivity index (χ3n) is 2.58. The predicted octanol–water partition coefficient (Wildman–Crippen LogP) is -0.248. The summed E-state index contributed by atoms with van der Waals surface area (Å²) >= 11 is 5.39. The Morgan fingerprint density at radius 3 is 2.86 bits per heavy atom. The Morgan fingerprint density at radius 2 is 2.32 bits per heavy atom. The number of aromatic amines is 1. The molecule has 0 fully saturated rings. The van der Waals surface area contributed by atoms with Crippen LogP contribution in [0.15, 0.2) is 21.1 Å². The van der Waals surface area contributed by atoms with Gasteiger partial charge in [0.1, 0.15) is 0 Å². The Balaban J connectivity index is 2.89. The van der Waals surface area contributed by atoms with E-state index in [4.69, 9.17) is 16.3 Å². The molecule has 10 nitrogen and oxygen atoms in total. The van der Waals surface area contributed by atoms with Crippen LogP contribution in [-0.4, -0.2) is 46.7 Å². The molecule has 1 rings (SSSR count). The van der Waals surface area contributed by atoms with Gasteiger partial charge in [0.05, 0.1) is 18.4 Å². The average molecular weight is 338 g/mol. The molecule has 0 aliphatic rings. The number of aromatic nitrogens is 2. The highest BCUT2D eigenvalue weighted by atomic mass is 35.5. The number of nitroso groups, excluding NO2 is 1. The molecule has 2 N–H and O–H groups in total. The van der Waals surface area contributed by atoms with Crippen LogP contribution in [0.1, 0.15) is 6.23 Å². The second-order valence-corrected chi connectivity index (χ2v) is 4.27. The molecule has 0 aliphatic carbocycles. The summed E-state index contributed by atoms with van der Waals surface area (Å²) in [7, 11) is 1.15. The van der Waals surface area contributed by atoms with Crippen LogP contribution in [0.3, 0.4) is 0 Å². The molecule has 1 atom stereocenters. The monoisotopic (exact) mass is 337 g/mol. The lowest BCUT2D eigenvalue weighted by Gasteiger charge is -2.19. The molecule has 1 aromatic rings. The van der Waals surface area contributed by atoms with Crippen LogP contribution in [0.5, 0.6) is 0 Å². The maximum absolute atomic E-state index is 13.2. The summed E-state index contributed by atoms with van der Waals surface area (Å²) in [5.74, 6) is -1.21. The summed E-state index contributed by atoms with van der Waals surface area (Å²) in [5, 5.41) is 5.18. The Bertz CT molecular complexity index is 647. The fourth-order valence-electron chi connectivity index (χ4n) is 1.53. The first-order valence-electron chi connectivity index (χ1n) is 5.93. The van der Waals surface area contributed by atoms with Gasteiger partial charge in [-0.15, -0.1) is 16.5 Å². The van der Waals surface area contributed by atoms with Gasteiger partial charge in [-0.2, -0.15) is 9.40 Å². The molecule has 0 radical (unpaired) electrons. The zero-order chi connectivity index (χ0) is 16.7. The Kier molecular flexibility index (Phi) is 6.66. The van der Waals surface area contributed by atoms with E-state index < -0.39 is 29.3 Å². The minimum Gasteiger partial charge on any atom is -0.359 e. The van der Waals surface area contributed by atoms with Crippen molar-refractivity contribution in [3.8, 4) is 0 Å².